The molecule has 16 heavy (non-hydrogen) atoms. The zero-order valence-electron chi connectivity index (χ0n) is 8.73. The molecule has 5 heteroatoms. The number of rotatable bonds is 1. The van der Waals surface area contributed by atoms with Gasteiger partial charge >= 0.3 is 0 Å². The Labute approximate surface area is 99.1 Å². The molecule has 2 rings (SSSR count). The third-order valence-electron chi connectivity index (χ3n) is 2.84. The molecule has 1 fully saturated rings. The van der Waals surface area contributed by atoms with E-state index in [1.165, 1.54) is 0 Å². The fraction of sp³-hybridized carbons (Fsp3) is 0.455. The number of anilines is 1. The van der Waals surface area contributed by atoms with Gasteiger partial charge in [0.15, 0.2) is 5.60 Å². The van der Waals surface area contributed by atoms with Crippen LogP contribution in [0.4, 0.5) is 5.82 Å². The van der Waals surface area contributed by atoms with Crippen molar-refractivity contribution in [1.29, 1.82) is 5.26 Å². The number of nitriles is 1. The van der Waals surface area contributed by atoms with Gasteiger partial charge < -0.3 is 10.0 Å². The van der Waals surface area contributed by atoms with Gasteiger partial charge in [0.25, 0.3) is 0 Å². The average molecular weight is 238 g/mol. The van der Waals surface area contributed by atoms with Crippen LogP contribution in [0.3, 0.4) is 0 Å². The molecule has 1 saturated heterocycles. The highest BCUT2D eigenvalue weighted by Gasteiger charge is 2.32. The van der Waals surface area contributed by atoms with E-state index in [9.17, 15) is 5.11 Å². The van der Waals surface area contributed by atoms with Crippen LogP contribution in [0.2, 0.25) is 5.02 Å². The molecule has 1 aliphatic heterocycles. The van der Waals surface area contributed by atoms with Crippen molar-refractivity contribution >= 4 is 17.4 Å². The molecule has 0 spiro atoms. The number of hydrogen-bond donors (Lipinski definition) is 1. The van der Waals surface area contributed by atoms with Gasteiger partial charge in [-0.25, -0.2) is 4.98 Å². The lowest BCUT2D eigenvalue weighted by Gasteiger charge is -2.34. The van der Waals surface area contributed by atoms with Crippen molar-refractivity contribution in [2.45, 2.75) is 18.4 Å². The SMILES string of the molecule is N#CC1(O)CCN(c2ncccc2Cl)CC1. The lowest BCUT2D eigenvalue weighted by molar-refractivity contribution is 0.0723. The molecular formula is C11H12ClN3O. The van der Waals surface area contributed by atoms with E-state index >= 15 is 0 Å². The monoisotopic (exact) mass is 237 g/mol. The van der Waals surface area contributed by atoms with Crippen molar-refractivity contribution in [3.05, 3.63) is 23.4 Å². The molecule has 0 amide bonds. The topological polar surface area (TPSA) is 60.1 Å². The first-order valence-corrected chi connectivity index (χ1v) is 5.51. The van der Waals surface area contributed by atoms with Crippen molar-refractivity contribution < 1.29 is 5.11 Å². The molecule has 0 bridgehead atoms. The van der Waals surface area contributed by atoms with E-state index in [0.717, 1.165) is 5.82 Å². The molecule has 0 aromatic carbocycles. The predicted octanol–water partition coefficient (Wildman–Crippen LogP) is 1.59. The molecule has 0 unspecified atom stereocenters. The zero-order chi connectivity index (χ0) is 11.6. The van der Waals surface area contributed by atoms with Gasteiger partial charge in [0.2, 0.25) is 0 Å². The lowest BCUT2D eigenvalue weighted by Crippen LogP contribution is -2.43. The van der Waals surface area contributed by atoms with E-state index in [0.29, 0.717) is 31.0 Å². The number of hydrogen-bond acceptors (Lipinski definition) is 4. The van der Waals surface area contributed by atoms with Crippen LogP contribution in [0.1, 0.15) is 12.8 Å². The standard InChI is InChI=1S/C11H12ClN3O/c12-9-2-1-5-14-10(9)15-6-3-11(16,8-13)4-7-15/h1-2,5,16H,3-4,6-7H2. The summed E-state index contributed by atoms with van der Waals surface area (Å²) in [6, 6.07) is 5.51. The zero-order valence-corrected chi connectivity index (χ0v) is 9.48. The first kappa shape index (κ1) is 11.2. The molecule has 0 aliphatic carbocycles. The summed E-state index contributed by atoms with van der Waals surface area (Å²) in [5, 5.41) is 19.2. The molecule has 0 radical (unpaired) electrons. The van der Waals surface area contributed by atoms with E-state index in [-0.39, 0.29) is 0 Å². The Balaban J connectivity index is 2.11. The minimum Gasteiger partial charge on any atom is -0.375 e. The van der Waals surface area contributed by atoms with Gasteiger partial charge in [0.1, 0.15) is 5.82 Å². The quantitative estimate of drug-likeness (QED) is 0.754. The summed E-state index contributed by atoms with van der Waals surface area (Å²) in [6.45, 7) is 1.20. The minimum atomic E-state index is -1.18. The summed E-state index contributed by atoms with van der Waals surface area (Å²) in [4.78, 5) is 6.20. The van der Waals surface area contributed by atoms with E-state index in [4.69, 9.17) is 16.9 Å². The third-order valence-corrected chi connectivity index (χ3v) is 3.13. The highest BCUT2D eigenvalue weighted by Crippen LogP contribution is 2.28. The normalized spacial score (nSPS) is 19.2. The first-order valence-electron chi connectivity index (χ1n) is 5.14. The van der Waals surface area contributed by atoms with Gasteiger partial charge in [-0.15, -0.1) is 0 Å². The van der Waals surface area contributed by atoms with Crippen molar-refractivity contribution in [2.75, 3.05) is 18.0 Å². The summed E-state index contributed by atoms with van der Waals surface area (Å²) in [5.41, 5.74) is -1.18. The first-order chi connectivity index (χ1) is 7.64. The van der Waals surface area contributed by atoms with Gasteiger partial charge in [-0.05, 0) is 12.1 Å². The highest BCUT2D eigenvalue weighted by atomic mass is 35.5. The Hall–Kier alpha value is -1.31. The van der Waals surface area contributed by atoms with Crippen molar-refractivity contribution in [2.24, 2.45) is 0 Å². The summed E-state index contributed by atoms with van der Waals surface area (Å²) >= 11 is 6.03. The summed E-state index contributed by atoms with van der Waals surface area (Å²) in [6.07, 6.45) is 2.54. The number of aliphatic hydroxyl groups is 1. The highest BCUT2D eigenvalue weighted by molar-refractivity contribution is 6.32. The van der Waals surface area contributed by atoms with E-state index < -0.39 is 5.60 Å². The van der Waals surface area contributed by atoms with E-state index in [1.54, 1.807) is 18.3 Å². The maximum absolute atomic E-state index is 9.77. The minimum absolute atomic E-state index is 0.427. The number of aromatic nitrogens is 1. The largest absolute Gasteiger partial charge is 0.375 e. The van der Waals surface area contributed by atoms with Crippen LogP contribution >= 0.6 is 11.6 Å². The number of pyridine rings is 1. The fourth-order valence-electron chi connectivity index (χ4n) is 1.81. The molecule has 1 N–H and O–H groups in total. The molecule has 4 nitrogen and oxygen atoms in total. The molecule has 1 aliphatic rings. The van der Waals surface area contributed by atoms with Crippen LogP contribution in [-0.4, -0.2) is 28.8 Å². The smallest absolute Gasteiger partial charge is 0.154 e. The third kappa shape index (κ3) is 2.11. The van der Waals surface area contributed by atoms with Gasteiger partial charge in [-0.2, -0.15) is 5.26 Å². The number of nitrogens with zero attached hydrogens (tertiary/aromatic N) is 3. The molecular weight excluding hydrogens is 226 g/mol. The second-order valence-corrected chi connectivity index (χ2v) is 4.35. The second kappa shape index (κ2) is 4.28. The summed E-state index contributed by atoms with van der Waals surface area (Å²) < 4.78 is 0. The van der Waals surface area contributed by atoms with Crippen molar-refractivity contribution in [1.82, 2.24) is 4.98 Å². The predicted molar refractivity (Wildman–Crippen MR) is 61.3 cm³/mol. The van der Waals surface area contributed by atoms with E-state index in [1.807, 2.05) is 11.0 Å². The fourth-order valence-corrected chi connectivity index (χ4v) is 2.05. The van der Waals surface area contributed by atoms with E-state index in [2.05, 4.69) is 4.98 Å². The number of halogens is 1. The van der Waals surface area contributed by atoms with Crippen LogP contribution in [0.15, 0.2) is 18.3 Å². The molecule has 0 atom stereocenters. The lowest BCUT2D eigenvalue weighted by atomic mass is 9.93. The number of piperidine rings is 1. The van der Waals surface area contributed by atoms with Gasteiger partial charge in [-0.1, -0.05) is 11.6 Å². The second-order valence-electron chi connectivity index (χ2n) is 3.94. The van der Waals surface area contributed by atoms with Crippen LogP contribution in [-0.2, 0) is 0 Å². The molecule has 84 valence electrons. The molecule has 0 saturated carbocycles. The average Bonchev–Trinajstić information content (AvgIpc) is 2.31. The Morgan fingerprint density at radius 3 is 2.75 bits per heavy atom. The van der Waals surface area contributed by atoms with Gasteiger partial charge in [-0.3, -0.25) is 0 Å². The van der Waals surface area contributed by atoms with Crippen LogP contribution in [0.25, 0.3) is 0 Å². The van der Waals surface area contributed by atoms with Gasteiger partial charge in [0, 0.05) is 32.1 Å². The molecule has 2 heterocycles. The maximum Gasteiger partial charge on any atom is 0.154 e. The van der Waals surface area contributed by atoms with Crippen molar-refractivity contribution in [3.63, 3.8) is 0 Å². The van der Waals surface area contributed by atoms with Gasteiger partial charge in [0.05, 0.1) is 11.1 Å². The summed E-state index contributed by atoms with van der Waals surface area (Å²) in [7, 11) is 0. The van der Waals surface area contributed by atoms with Crippen LogP contribution in [0, 0.1) is 11.3 Å². The Morgan fingerprint density at radius 2 is 2.19 bits per heavy atom. The molecule has 1 aromatic rings. The Bertz CT molecular complexity index is 421. The summed E-state index contributed by atoms with van der Waals surface area (Å²) in [5.74, 6) is 0.726. The Kier molecular flexibility index (Phi) is 2.99. The Morgan fingerprint density at radius 1 is 1.50 bits per heavy atom. The van der Waals surface area contributed by atoms with Crippen molar-refractivity contribution in [3.8, 4) is 6.07 Å². The maximum atomic E-state index is 9.77. The molecule has 1 aromatic heterocycles. The van der Waals surface area contributed by atoms with Crippen LogP contribution in [0.5, 0.6) is 0 Å². The van der Waals surface area contributed by atoms with Crippen LogP contribution < -0.4 is 4.90 Å².